The van der Waals surface area contributed by atoms with Crippen LogP contribution in [0.1, 0.15) is 18.4 Å². The number of nitrogens with zero attached hydrogens (tertiary/aromatic N) is 1. The van der Waals surface area contributed by atoms with Crippen LogP contribution in [0, 0.1) is 5.41 Å². The number of ether oxygens (including phenoxy) is 2. The van der Waals surface area contributed by atoms with Gasteiger partial charge >= 0.3 is 0 Å². The lowest BCUT2D eigenvalue weighted by Gasteiger charge is -2.37. The van der Waals surface area contributed by atoms with E-state index in [1.807, 2.05) is 0 Å². The Hall–Kier alpha value is -1.79. The highest BCUT2D eigenvalue weighted by Gasteiger charge is 2.40. The maximum Gasteiger partial charge on any atom is 0.230 e. The zero-order chi connectivity index (χ0) is 16.2. The molecule has 1 aromatic carbocycles. The Bertz CT molecular complexity index is 527. The maximum absolute atomic E-state index is 12.8. The Labute approximate surface area is 130 Å². The molecule has 0 bridgehead atoms. The van der Waals surface area contributed by atoms with E-state index in [1.165, 1.54) is 7.11 Å². The van der Waals surface area contributed by atoms with Crippen molar-refractivity contribution in [2.75, 3.05) is 33.9 Å². The summed E-state index contributed by atoms with van der Waals surface area (Å²) in [5.74, 6) is 0.534. The van der Waals surface area contributed by atoms with Crippen molar-refractivity contribution in [2.45, 2.75) is 19.4 Å². The highest BCUT2D eigenvalue weighted by Crippen LogP contribution is 2.32. The van der Waals surface area contributed by atoms with Gasteiger partial charge in [0.2, 0.25) is 5.91 Å². The number of amides is 1. The molecule has 1 fully saturated rings. The lowest BCUT2D eigenvalue weighted by atomic mass is 9.79. The summed E-state index contributed by atoms with van der Waals surface area (Å²) in [6.45, 7) is 1.92. The lowest BCUT2D eigenvalue weighted by Crippen LogP contribution is -2.49. The fraction of sp³-hybridized carbons (Fsp3) is 0.562. The number of benzene rings is 1. The molecule has 0 unspecified atom stereocenters. The highest BCUT2D eigenvalue weighted by molar-refractivity contribution is 5.83. The second-order valence-electron chi connectivity index (χ2n) is 5.76. The van der Waals surface area contributed by atoms with Crippen molar-refractivity contribution in [1.82, 2.24) is 4.90 Å². The zero-order valence-corrected chi connectivity index (χ0v) is 13.2. The van der Waals surface area contributed by atoms with Crippen molar-refractivity contribution >= 4 is 5.91 Å². The predicted molar refractivity (Wildman–Crippen MR) is 82.7 cm³/mol. The van der Waals surface area contributed by atoms with E-state index >= 15 is 0 Å². The minimum Gasteiger partial charge on any atom is -0.504 e. The smallest absolute Gasteiger partial charge is 0.230 e. The standard InChI is InChI=1S/C16H24N2O4/c1-18(10-12-3-4-13(19)14(9-12)21-2)15(20)16(11-17)5-7-22-8-6-16/h3-4,9,19H,5-8,10-11,17H2,1-2H3. The van der Waals surface area contributed by atoms with E-state index < -0.39 is 5.41 Å². The van der Waals surface area contributed by atoms with E-state index in [1.54, 1.807) is 30.1 Å². The highest BCUT2D eigenvalue weighted by atomic mass is 16.5. The Morgan fingerprint density at radius 2 is 2.14 bits per heavy atom. The van der Waals surface area contributed by atoms with Gasteiger partial charge in [-0.05, 0) is 30.5 Å². The fourth-order valence-electron chi connectivity index (χ4n) is 2.84. The van der Waals surface area contributed by atoms with Gasteiger partial charge in [-0.25, -0.2) is 0 Å². The van der Waals surface area contributed by atoms with Crippen LogP contribution in [-0.4, -0.2) is 49.8 Å². The number of rotatable bonds is 5. The molecule has 122 valence electrons. The van der Waals surface area contributed by atoms with E-state index in [-0.39, 0.29) is 11.7 Å². The minimum atomic E-state index is -0.520. The monoisotopic (exact) mass is 308 g/mol. The van der Waals surface area contributed by atoms with Crippen LogP contribution in [0.3, 0.4) is 0 Å². The third kappa shape index (κ3) is 3.34. The number of methoxy groups -OCH3 is 1. The van der Waals surface area contributed by atoms with E-state index in [9.17, 15) is 9.90 Å². The van der Waals surface area contributed by atoms with Gasteiger partial charge in [0.1, 0.15) is 0 Å². The van der Waals surface area contributed by atoms with Crippen molar-refractivity contribution < 1.29 is 19.4 Å². The minimum absolute atomic E-state index is 0.0466. The molecule has 0 spiro atoms. The van der Waals surface area contributed by atoms with Crippen LogP contribution in [-0.2, 0) is 16.1 Å². The van der Waals surface area contributed by atoms with Crippen molar-refractivity contribution in [2.24, 2.45) is 11.1 Å². The van der Waals surface area contributed by atoms with Crippen LogP contribution in [0.2, 0.25) is 0 Å². The summed E-state index contributed by atoms with van der Waals surface area (Å²) in [5, 5.41) is 9.63. The van der Waals surface area contributed by atoms with Gasteiger partial charge in [0.15, 0.2) is 11.5 Å². The van der Waals surface area contributed by atoms with Gasteiger partial charge in [-0.2, -0.15) is 0 Å². The first-order valence-electron chi connectivity index (χ1n) is 7.41. The van der Waals surface area contributed by atoms with E-state index in [2.05, 4.69) is 0 Å². The van der Waals surface area contributed by atoms with Gasteiger partial charge in [0.25, 0.3) is 0 Å². The number of hydrogen-bond donors (Lipinski definition) is 2. The first-order valence-corrected chi connectivity index (χ1v) is 7.41. The molecule has 3 N–H and O–H groups in total. The average molecular weight is 308 g/mol. The number of phenols is 1. The third-order valence-electron chi connectivity index (χ3n) is 4.30. The Kier molecular flexibility index (Phi) is 5.26. The molecular weight excluding hydrogens is 284 g/mol. The topological polar surface area (TPSA) is 85.0 Å². The molecule has 0 radical (unpaired) electrons. The number of carbonyl (C=O) groups excluding carboxylic acids is 1. The second-order valence-corrected chi connectivity index (χ2v) is 5.76. The van der Waals surface area contributed by atoms with Crippen LogP contribution in [0.15, 0.2) is 18.2 Å². The third-order valence-corrected chi connectivity index (χ3v) is 4.30. The van der Waals surface area contributed by atoms with Crippen molar-refractivity contribution in [3.05, 3.63) is 23.8 Å². The molecule has 1 aliphatic rings. The van der Waals surface area contributed by atoms with E-state index in [0.717, 1.165) is 5.56 Å². The van der Waals surface area contributed by atoms with Crippen molar-refractivity contribution in [1.29, 1.82) is 0 Å². The summed E-state index contributed by atoms with van der Waals surface area (Å²) in [6.07, 6.45) is 1.32. The first-order chi connectivity index (χ1) is 10.5. The average Bonchev–Trinajstić information content (AvgIpc) is 2.56. The van der Waals surface area contributed by atoms with Crippen LogP contribution >= 0.6 is 0 Å². The van der Waals surface area contributed by atoms with Crippen LogP contribution in [0.5, 0.6) is 11.5 Å². The summed E-state index contributed by atoms with van der Waals surface area (Å²) in [6, 6.07) is 5.08. The van der Waals surface area contributed by atoms with Crippen LogP contribution < -0.4 is 10.5 Å². The molecule has 0 atom stereocenters. The first kappa shape index (κ1) is 16.6. The molecule has 1 amide bonds. The SMILES string of the molecule is COc1cc(CN(C)C(=O)C2(CN)CCOCC2)ccc1O. The molecule has 1 heterocycles. The fourth-order valence-corrected chi connectivity index (χ4v) is 2.84. The second kappa shape index (κ2) is 6.98. The van der Waals surface area contributed by atoms with Crippen molar-refractivity contribution in [3.8, 4) is 11.5 Å². The van der Waals surface area contributed by atoms with Gasteiger partial charge in [-0.3, -0.25) is 4.79 Å². The Morgan fingerprint density at radius 1 is 1.45 bits per heavy atom. The number of nitrogens with two attached hydrogens (primary N) is 1. The van der Waals surface area contributed by atoms with Gasteiger partial charge in [-0.1, -0.05) is 6.07 Å². The van der Waals surface area contributed by atoms with Crippen molar-refractivity contribution in [3.63, 3.8) is 0 Å². The Balaban J connectivity index is 2.10. The van der Waals surface area contributed by atoms with E-state index in [0.29, 0.717) is 44.9 Å². The molecule has 0 aromatic heterocycles. The molecular formula is C16H24N2O4. The molecule has 6 heteroatoms. The molecule has 6 nitrogen and oxygen atoms in total. The summed E-state index contributed by atoms with van der Waals surface area (Å²) in [5.41, 5.74) is 6.25. The lowest BCUT2D eigenvalue weighted by molar-refractivity contribution is -0.146. The molecule has 1 aliphatic heterocycles. The number of phenolic OH excluding ortho intramolecular Hbond substituents is 1. The summed E-state index contributed by atoms with van der Waals surface area (Å²) in [4.78, 5) is 14.5. The summed E-state index contributed by atoms with van der Waals surface area (Å²) in [7, 11) is 3.27. The zero-order valence-electron chi connectivity index (χ0n) is 13.2. The summed E-state index contributed by atoms with van der Waals surface area (Å²) < 4.78 is 10.4. The molecule has 1 aromatic rings. The van der Waals surface area contributed by atoms with Crippen LogP contribution in [0.25, 0.3) is 0 Å². The quantitative estimate of drug-likeness (QED) is 0.851. The number of aromatic hydroxyl groups is 1. The molecule has 22 heavy (non-hydrogen) atoms. The molecule has 1 saturated heterocycles. The molecule has 0 aliphatic carbocycles. The van der Waals surface area contributed by atoms with Gasteiger partial charge < -0.3 is 25.2 Å². The predicted octanol–water partition coefficient (Wildman–Crippen LogP) is 1.11. The maximum atomic E-state index is 12.8. The normalized spacial score (nSPS) is 17.0. The van der Waals surface area contributed by atoms with Crippen LogP contribution in [0.4, 0.5) is 0 Å². The van der Waals surface area contributed by atoms with Gasteiger partial charge in [-0.15, -0.1) is 0 Å². The summed E-state index contributed by atoms with van der Waals surface area (Å²) >= 11 is 0. The molecule has 2 rings (SSSR count). The number of hydrogen-bond acceptors (Lipinski definition) is 5. The van der Waals surface area contributed by atoms with E-state index in [4.69, 9.17) is 15.2 Å². The molecule has 0 saturated carbocycles. The Morgan fingerprint density at radius 3 is 2.73 bits per heavy atom. The van der Waals surface area contributed by atoms with Gasteiger partial charge in [0, 0.05) is 33.4 Å². The number of carbonyl (C=O) groups is 1. The van der Waals surface area contributed by atoms with Gasteiger partial charge in [0.05, 0.1) is 12.5 Å². The largest absolute Gasteiger partial charge is 0.504 e.